The molecule has 2 aliphatic rings. The molecule has 24 heavy (non-hydrogen) atoms. The Labute approximate surface area is 147 Å². The number of rotatable bonds is 3. The van der Waals surface area contributed by atoms with Crippen LogP contribution in [0.3, 0.4) is 0 Å². The second kappa shape index (κ2) is 6.77. The number of anilines is 1. The number of piperidine rings is 1. The summed E-state index contributed by atoms with van der Waals surface area (Å²) in [5, 5.41) is 0. The number of benzene rings is 2. The minimum absolute atomic E-state index is 0.179. The molecule has 2 heterocycles. The maximum atomic E-state index is 13.0. The third-order valence-corrected chi connectivity index (χ3v) is 6.16. The molecule has 0 N–H and O–H groups in total. The van der Waals surface area contributed by atoms with Gasteiger partial charge in [-0.1, -0.05) is 11.8 Å². The highest BCUT2D eigenvalue weighted by Crippen LogP contribution is 2.37. The van der Waals surface area contributed by atoms with Crippen LogP contribution in [0.5, 0.6) is 0 Å². The van der Waals surface area contributed by atoms with E-state index in [0.29, 0.717) is 6.04 Å². The third kappa shape index (κ3) is 3.31. The van der Waals surface area contributed by atoms with Crippen molar-refractivity contribution < 1.29 is 4.39 Å². The Morgan fingerprint density at radius 3 is 2.42 bits per heavy atom. The lowest BCUT2D eigenvalue weighted by Crippen LogP contribution is -2.43. The summed E-state index contributed by atoms with van der Waals surface area (Å²) < 4.78 is 13.0. The summed E-state index contributed by atoms with van der Waals surface area (Å²) in [6.07, 6.45) is 3.67. The fourth-order valence-electron chi connectivity index (χ4n) is 3.79. The summed E-state index contributed by atoms with van der Waals surface area (Å²) in [5.41, 5.74) is 2.88. The van der Waals surface area contributed by atoms with Crippen LogP contribution in [0.1, 0.15) is 18.4 Å². The van der Waals surface area contributed by atoms with Gasteiger partial charge in [0, 0.05) is 28.1 Å². The predicted octanol–water partition coefficient (Wildman–Crippen LogP) is 4.43. The molecule has 0 bridgehead atoms. The number of hydrogen-bond acceptors (Lipinski definition) is 3. The van der Waals surface area contributed by atoms with Crippen molar-refractivity contribution in [1.82, 2.24) is 4.90 Å². The van der Waals surface area contributed by atoms with Gasteiger partial charge in [-0.15, -0.1) is 0 Å². The smallest absolute Gasteiger partial charge is 0.123 e. The number of likely N-dealkylation sites (tertiary alicyclic amines) is 1. The maximum absolute atomic E-state index is 13.0. The first-order valence-electron chi connectivity index (χ1n) is 8.70. The van der Waals surface area contributed by atoms with E-state index in [9.17, 15) is 4.39 Å². The number of fused-ring (bicyclic) bond motifs is 1. The first-order chi connectivity index (χ1) is 11.7. The highest BCUT2D eigenvalue weighted by molar-refractivity contribution is 7.99. The van der Waals surface area contributed by atoms with Crippen molar-refractivity contribution in [3.05, 3.63) is 53.8 Å². The largest absolute Gasteiger partial charge is 0.368 e. The third-order valence-electron chi connectivity index (χ3n) is 5.16. The Hall–Kier alpha value is -1.52. The van der Waals surface area contributed by atoms with Gasteiger partial charge in [0.15, 0.2) is 0 Å². The van der Waals surface area contributed by atoms with Crippen molar-refractivity contribution in [2.75, 3.05) is 31.6 Å². The molecule has 2 nitrogen and oxygen atoms in total. The Bertz CT molecular complexity index is 708. The SMILES string of the molecule is CN1CCC(N2CCc3cc(Sc4ccc(F)cc4)ccc32)CC1. The summed E-state index contributed by atoms with van der Waals surface area (Å²) in [7, 11) is 2.22. The molecule has 0 saturated carbocycles. The van der Waals surface area contributed by atoms with Gasteiger partial charge in [-0.3, -0.25) is 0 Å². The van der Waals surface area contributed by atoms with Gasteiger partial charge in [0.1, 0.15) is 5.82 Å². The van der Waals surface area contributed by atoms with Crippen LogP contribution in [0, 0.1) is 5.82 Å². The first-order valence-corrected chi connectivity index (χ1v) is 9.52. The monoisotopic (exact) mass is 342 g/mol. The summed E-state index contributed by atoms with van der Waals surface area (Å²) in [5.74, 6) is -0.179. The molecule has 0 radical (unpaired) electrons. The van der Waals surface area contributed by atoms with Crippen molar-refractivity contribution >= 4 is 17.4 Å². The zero-order chi connectivity index (χ0) is 16.5. The van der Waals surface area contributed by atoms with Gasteiger partial charge < -0.3 is 9.80 Å². The van der Waals surface area contributed by atoms with Crippen LogP contribution < -0.4 is 4.90 Å². The van der Waals surface area contributed by atoms with Gasteiger partial charge in [-0.25, -0.2) is 4.39 Å². The van der Waals surface area contributed by atoms with Gasteiger partial charge in [0.05, 0.1) is 0 Å². The van der Waals surface area contributed by atoms with Gasteiger partial charge in [0.2, 0.25) is 0 Å². The lowest BCUT2D eigenvalue weighted by Gasteiger charge is -2.36. The second-order valence-electron chi connectivity index (χ2n) is 6.82. The molecule has 0 unspecified atom stereocenters. The van der Waals surface area contributed by atoms with E-state index in [1.54, 1.807) is 11.8 Å². The van der Waals surface area contributed by atoms with Crippen LogP contribution in [-0.2, 0) is 6.42 Å². The molecule has 0 spiro atoms. The van der Waals surface area contributed by atoms with Crippen molar-refractivity contribution in [3.63, 3.8) is 0 Å². The Kier molecular flexibility index (Phi) is 4.51. The highest BCUT2D eigenvalue weighted by atomic mass is 32.2. The second-order valence-corrected chi connectivity index (χ2v) is 7.97. The normalized spacial score (nSPS) is 18.8. The van der Waals surface area contributed by atoms with E-state index >= 15 is 0 Å². The number of nitrogens with zero attached hydrogens (tertiary/aromatic N) is 2. The first kappa shape index (κ1) is 16.0. The van der Waals surface area contributed by atoms with Gasteiger partial charge >= 0.3 is 0 Å². The molecule has 0 atom stereocenters. The van der Waals surface area contributed by atoms with E-state index in [1.807, 2.05) is 12.1 Å². The standard InChI is InChI=1S/C20H23FN2S/c1-22-11-9-17(10-12-22)23-13-8-15-14-19(6-7-20(15)23)24-18-4-2-16(21)3-5-18/h2-7,14,17H,8-13H2,1H3. The topological polar surface area (TPSA) is 6.48 Å². The molecule has 1 fully saturated rings. The van der Waals surface area contributed by atoms with Crippen LogP contribution in [0.25, 0.3) is 0 Å². The van der Waals surface area contributed by atoms with Gasteiger partial charge in [-0.2, -0.15) is 0 Å². The lowest BCUT2D eigenvalue weighted by atomic mass is 10.0. The van der Waals surface area contributed by atoms with E-state index in [4.69, 9.17) is 0 Å². The van der Waals surface area contributed by atoms with Crippen LogP contribution >= 0.6 is 11.8 Å². The maximum Gasteiger partial charge on any atom is 0.123 e. The summed E-state index contributed by atoms with van der Waals surface area (Å²) in [6.45, 7) is 3.55. The summed E-state index contributed by atoms with van der Waals surface area (Å²) >= 11 is 1.71. The molecule has 0 amide bonds. The molecule has 4 heteroatoms. The van der Waals surface area contributed by atoms with Crippen molar-refractivity contribution in [2.45, 2.75) is 35.1 Å². The Morgan fingerprint density at radius 1 is 0.958 bits per heavy atom. The average Bonchev–Trinajstić information content (AvgIpc) is 3.01. The van der Waals surface area contributed by atoms with Crippen LogP contribution in [0.15, 0.2) is 52.3 Å². The number of halogens is 1. The van der Waals surface area contributed by atoms with Crippen molar-refractivity contribution in [1.29, 1.82) is 0 Å². The van der Waals surface area contributed by atoms with E-state index in [1.165, 1.54) is 54.2 Å². The molecule has 126 valence electrons. The van der Waals surface area contributed by atoms with Crippen molar-refractivity contribution in [2.24, 2.45) is 0 Å². The lowest BCUT2D eigenvalue weighted by molar-refractivity contribution is 0.251. The van der Waals surface area contributed by atoms with Crippen LogP contribution in [0.2, 0.25) is 0 Å². The quantitative estimate of drug-likeness (QED) is 0.814. The van der Waals surface area contributed by atoms with E-state index in [0.717, 1.165) is 17.9 Å². The molecule has 2 aliphatic heterocycles. The fourth-order valence-corrected chi connectivity index (χ4v) is 4.67. The summed E-state index contributed by atoms with van der Waals surface area (Å²) in [6, 6.07) is 14.2. The molecule has 2 aromatic carbocycles. The molecule has 1 saturated heterocycles. The minimum Gasteiger partial charge on any atom is -0.368 e. The van der Waals surface area contributed by atoms with Gasteiger partial charge in [-0.05, 0) is 87.4 Å². The Morgan fingerprint density at radius 2 is 1.67 bits per heavy atom. The van der Waals surface area contributed by atoms with Crippen molar-refractivity contribution in [3.8, 4) is 0 Å². The molecule has 2 aromatic rings. The van der Waals surface area contributed by atoms with Crippen LogP contribution in [0.4, 0.5) is 10.1 Å². The molecule has 0 aliphatic carbocycles. The van der Waals surface area contributed by atoms with Crippen LogP contribution in [-0.4, -0.2) is 37.6 Å². The highest BCUT2D eigenvalue weighted by Gasteiger charge is 2.28. The molecular weight excluding hydrogens is 319 g/mol. The van der Waals surface area contributed by atoms with Gasteiger partial charge in [0.25, 0.3) is 0 Å². The van der Waals surface area contributed by atoms with E-state index in [2.05, 4.69) is 35.0 Å². The average molecular weight is 342 g/mol. The predicted molar refractivity (Wildman–Crippen MR) is 98.5 cm³/mol. The molecule has 4 rings (SSSR count). The minimum atomic E-state index is -0.179. The molecular formula is C20H23FN2S. The fraction of sp³-hybridized carbons (Fsp3) is 0.400. The summed E-state index contributed by atoms with van der Waals surface area (Å²) in [4.78, 5) is 7.37. The number of hydrogen-bond donors (Lipinski definition) is 0. The van der Waals surface area contributed by atoms with E-state index in [-0.39, 0.29) is 5.82 Å². The Balaban J connectivity index is 1.49. The zero-order valence-corrected chi connectivity index (χ0v) is 14.9. The van der Waals surface area contributed by atoms with E-state index < -0.39 is 0 Å². The zero-order valence-electron chi connectivity index (χ0n) is 14.0. The molecule has 0 aromatic heterocycles.